The van der Waals surface area contributed by atoms with Crippen molar-refractivity contribution >= 4 is 35.0 Å². The van der Waals surface area contributed by atoms with Crippen LogP contribution in [0.25, 0.3) is 0 Å². The van der Waals surface area contributed by atoms with Gasteiger partial charge in [-0.3, -0.25) is 4.79 Å². The van der Waals surface area contributed by atoms with Gasteiger partial charge in [0.15, 0.2) is 11.0 Å². The fourth-order valence-corrected chi connectivity index (χ4v) is 3.79. The predicted octanol–water partition coefficient (Wildman–Crippen LogP) is 4.58. The Hall–Kier alpha value is -2.71. The maximum atomic E-state index is 12.4. The molecular weight excluding hydrogens is 424 g/mol. The van der Waals surface area contributed by atoms with Gasteiger partial charge in [-0.1, -0.05) is 35.5 Å². The number of hydrogen-bond acceptors (Lipinski definition) is 6. The van der Waals surface area contributed by atoms with Gasteiger partial charge in [0, 0.05) is 11.6 Å². The van der Waals surface area contributed by atoms with Crippen LogP contribution in [0, 0.1) is 6.92 Å². The zero-order chi connectivity index (χ0) is 21.5. The molecule has 0 atom stereocenters. The Morgan fingerprint density at radius 2 is 2.07 bits per heavy atom. The first-order chi connectivity index (χ1) is 14.5. The first-order valence-corrected chi connectivity index (χ1v) is 10.7. The number of methoxy groups -OCH3 is 1. The summed E-state index contributed by atoms with van der Waals surface area (Å²) >= 11 is 7.32. The molecule has 3 aromatic rings. The molecule has 0 fully saturated rings. The van der Waals surface area contributed by atoms with Crippen molar-refractivity contribution in [2.24, 2.45) is 0 Å². The molecule has 1 aromatic heterocycles. The van der Waals surface area contributed by atoms with Crippen LogP contribution in [0.1, 0.15) is 18.3 Å². The summed E-state index contributed by atoms with van der Waals surface area (Å²) in [5.74, 6) is 2.02. The molecule has 0 aliphatic rings. The zero-order valence-corrected chi connectivity index (χ0v) is 18.6. The van der Waals surface area contributed by atoms with E-state index in [-0.39, 0.29) is 11.7 Å². The van der Waals surface area contributed by atoms with Crippen molar-refractivity contribution in [2.45, 2.75) is 32.2 Å². The summed E-state index contributed by atoms with van der Waals surface area (Å²) < 4.78 is 13.0. The maximum Gasteiger partial charge on any atom is 0.234 e. The van der Waals surface area contributed by atoms with Gasteiger partial charge in [-0.15, -0.1) is 10.2 Å². The average Bonchev–Trinajstić information content (AvgIpc) is 3.13. The van der Waals surface area contributed by atoms with Crippen LogP contribution < -0.4 is 14.8 Å². The van der Waals surface area contributed by atoms with Crippen LogP contribution in [0.5, 0.6) is 11.5 Å². The van der Waals surface area contributed by atoms with E-state index in [0.717, 1.165) is 11.3 Å². The second-order valence-corrected chi connectivity index (χ2v) is 7.81. The lowest BCUT2D eigenvalue weighted by Gasteiger charge is -2.11. The number of thioether (sulfide) groups is 1. The quantitative estimate of drug-likeness (QED) is 0.485. The molecule has 0 aliphatic heterocycles. The minimum absolute atomic E-state index is 0.173. The molecule has 1 amide bonds. The predicted molar refractivity (Wildman–Crippen MR) is 119 cm³/mol. The fraction of sp³-hybridized carbons (Fsp3) is 0.286. The van der Waals surface area contributed by atoms with E-state index >= 15 is 0 Å². The molecule has 1 heterocycles. The third-order valence-electron chi connectivity index (χ3n) is 4.24. The number of benzene rings is 2. The molecule has 0 saturated carbocycles. The van der Waals surface area contributed by atoms with Crippen molar-refractivity contribution in [1.29, 1.82) is 0 Å². The number of anilines is 1. The lowest BCUT2D eigenvalue weighted by atomic mass is 10.2. The second-order valence-electron chi connectivity index (χ2n) is 6.43. The summed E-state index contributed by atoms with van der Waals surface area (Å²) in [6, 6.07) is 12.9. The number of aromatic nitrogens is 3. The van der Waals surface area contributed by atoms with Crippen molar-refractivity contribution in [1.82, 2.24) is 14.8 Å². The Bertz CT molecular complexity index is 1030. The summed E-state index contributed by atoms with van der Waals surface area (Å²) in [5.41, 5.74) is 1.66. The van der Waals surface area contributed by atoms with E-state index in [4.69, 9.17) is 21.1 Å². The highest BCUT2D eigenvalue weighted by Crippen LogP contribution is 2.28. The molecule has 3 rings (SSSR count). The van der Waals surface area contributed by atoms with Crippen molar-refractivity contribution in [2.75, 3.05) is 18.2 Å². The molecule has 9 heteroatoms. The van der Waals surface area contributed by atoms with Crippen molar-refractivity contribution in [3.05, 3.63) is 58.9 Å². The van der Waals surface area contributed by atoms with Gasteiger partial charge in [0.2, 0.25) is 5.91 Å². The monoisotopic (exact) mass is 446 g/mol. The zero-order valence-electron chi connectivity index (χ0n) is 17.0. The number of ether oxygens (including phenoxy) is 2. The van der Waals surface area contributed by atoms with E-state index in [2.05, 4.69) is 15.5 Å². The summed E-state index contributed by atoms with van der Waals surface area (Å²) in [4.78, 5) is 12.4. The summed E-state index contributed by atoms with van der Waals surface area (Å²) in [6.07, 6.45) is 0. The Morgan fingerprint density at radius 1 is 1.23 bits per heavy atom. The SMILES string of the molecule is CCn1c(COc2cccc(C)c2)nnc1SCC(=O)Nc1cc(Cl)ccc1OC. The average molecular weight is 447 g/mol. The highest BCUT2D eigenvalue weighted by atomic mass is 35.5. The normalized spacial score (nSPS) is 10.7. The van der Waals surface area contributed by atoms with E-state index in [1.54, 1.807) is 18.2 Å². The number of nitrogens with one attached hydrogen (secondary N) is 1. The van der Waals surface area contributed by atoms with Gasteiger partial charge in [-0.05, 0) is 49.7 Å². The van der Waals surface area contributed by atoms with E-state index < -0.39 is 0 Å². The lowest BCUT2D eigenvalue weighted by Crippen LogP contribution is -2.15. The highest BCUT2D eigenvalue weighted by Gasteiger charge is 2.15. The van der Waals surface area contributed by atoms with Crippen LogP contribution in [0.3, 0.4) is 0 Å². The largest absolute Gasteiger partial charge is 0.495 e. The van der Waals surface area contributed by atoms with E-state index in [9.17, 15) is 4.79 Å². The molecule has 30 heavy (non-hydrogen) atoms. The molecule has 0 spiro atoms. The highest BCUT2D eigenvalue weighted by molar-refractivity contribution is 7.99. The molecule has 0 aliphatic carbocycles. The first kappa shape index (κ1) is 22.0. The summed E-state index contributed by atoms with van der Waals surface area (Å²) in [5, 5.41) is 12.4. The fourth-order valence-electron chi connectivity index (χ4n) is 2.80. The standard InChI is InChI=1S/C21H23ClN4O3S/c1-4-26-19(12-29-16-7-5-6-14(2)10-16)24-25-21(26)30-13-20(27)23-17-11-15(22)8-9-18(17)28-3/h5-11H,4,12-13H2,1-3H3,(H,23,27). The van der Waals surface area contributed by atoms with E-state index in [0.29, 0.717) is 40.6 Å². The van der Waals surface area contributed by atoms with Crippen LogP contribution >= 0.6 is 23.4 Å². The third-order valence-corrected chi connectivity index (χ3v) is 5.44. The van der Waals surface area contributed by atoms with Crippen molar-refractivity contribution < 1.29 is 14.3 Å². The van der Waals surface area contributed by atoms with Crippen molar-refractivity contribution in [3.8, 4) is 11.5 Å². The van der Waals surface area contributed by atoms with Crippen LogP contribution in [0.2, 0.25) is 5.02 Å². The van der Waals surface area contributed by atoms with Gasteiger partial charge in [-0.25, -0.2) is 0 Å². The Labute approximate surface area is 184 Å². The number of carbonyl (C=O) groups excluding carboxylic acids is 1. The molecule has 0 bridgehead atoms. The molecule has 1 N–H and O–H groups in total. The van der Waals surface area contributed by atoms with Gasteiger partial charge in [0.25, 0.3) is 0 Å². The number of rotatable bonds is 9. The maximum absolute atomic E-state index is 12.4. The number of amides is 1. The van der Waals surface area contributed by atoms with Gasteiger partial charge < -0.3 is 19.4 Å². The lowest BCUT2D eigenvalue weighted by molar-refractivity contribution is -0.113. The number of nitrogens with zero attached hydrogens (tertiary/aromatic N) is 3. The molecule has 158 valence electrons. The number of aryl methyl sites for hydroxylation is 1. The van der Waals surface area contributed by atoms with Gasteiger partial charge in [-0.2, -0.15) is 0 Å². The topological polar surface area (TPSA) is 78.3 Å². The number of carbonyl (C=O) groups is 1. The molecule has 0 unspecified atom stereocenters. The van der Waals surface area contributed by atoms with E-state index in [1.807, 2.05) is 42.7 Å². The van der Waals surface area contributed by atoms with Gasteiger partial charge in [0.05, 0.1) is 18.6 Å². The van der Waals surface area contributed by atoms with E-state index in [1.165, 1.54) is 18.9 Å². The van der Waals surface area contributed by atoms with Crippen LogP contribution in [-0.2, 0) is 17.9 Å². The summed E-state index contributed by atoms with van der Waals surface area (Å²) in [7, 11) is 1.54. The molecule has 0 saturated heterocycles. The number of halogens is 1. The Morgan fingerprint density at radius 3 is 2.80 bits per heavy atom. The van der Waals surface area contributed by atoms with Crippen LogP contribution in [0.4, 0.5) is 5.69 Å². The first-order valence-electron chi connectivity index (χ1n) is 9.38. The Kier molecular flexibility index (Phi) is 7.59. The molecule has 7 nitrogen and oxygen atoms in total. The van der Waals surface area contributed by atoms with Crippen molar-refractivity contribution in [3.63, 3.8) is 0 Å². The second kappa shape index (κ2) is 10.4. The minimum Gasteiger partial charge on any atom is -0.495 e. The minimum atomic E-state index is -0.191. The summed E-state index contributed by atoms with van der Waals surface area (Å²) in [6.45, 7) is 4.99. The smallest absolute Gasteiger partial charge is 0.234 e. The number of hydrogen-bond donors (Lipinski definition) is 1. The van der Waals surface area contributed by atoms with Gasteiger partial charge in [0.1, 0.15) is 18.1 Å². The molecule has 0 radical (unpaired) electrons. The van der Waals surface area contributed by atoms with Gasteiger partial charge >= 0.3 is 0 Å². The molecule has 2 aromatic carbocycles. The van der Waals surface area contributed by atoms with Crippen LogP contribution in [-0.4, -0.2) is 33.5 Å². The van der Waals surface area contributed by atoms with Crippen LogP contribution in [0.15, 0.2) is 47.6 Å². The third kappa shape index (κ3) is 5.67. The molecular formula is C21H23ClN4O3S. The Balaban J connectivity index is 1.60.